The molecule has 5 heteroatoms. The predicted molar refractivity (Wildman–Crippen MR) is 113 cm³/mol. The standard InChI is InChI=1S/C23H26Cl2NO2/c24-20-7-3-17(4-8-20)22(27)2-1-13-26-14-11-19(12-15-26)23(28,16-26)18-5-9-21(25)10-6-18/h3-10,19,28H,1-2,11-16H2/q+1/t19?,23-,26?/m0/s1. The van der Waals surface area contributed by atoms with Crippen molar-refractivity contribution in [3.05, 3.63) is 69.7 Å². The number of fused-ring (bicyclic) bond motifs is 3. The van der Waals surface area contributed by atoms with Crippen LogP contribution in [0.4, 0.5) is 0 Å². The van der Waals surface area contributed by atoms with Crippen molar-refractivity contribution >= 4 is 29.0 Å². The molecular weight excluding hydrogens is 393 g/mol. The molecule has 3 nitrogen and oxygen atoms in total. The molecule has 3 saturated heterocycles. The molecule has 0 unspecified atom stereocenters. The Kier molecular flexibility index (Phi) is 5.54. The normalized spacial score (nSPS) is 29.0. The Morgan fingerprint density at radius 1 is 1.00 bits per heavy atom. The predicted octanol–water partition coefficient (Wildman–Crippen LogP) is 5.08. The molecule has 2 aromatic rings. The summed E-state index contributed by atoms with van der Waals surface area (Å²) in [5.41, 5.74) is 0.904. The van der Waals surface area contributed by atoms with Crippen molar-refractivity contribution < 1.29 is 14.4 Å². The van der Waals surface area contributed by atoms with E-state index < -0.39 is 5.60 Å². The lowest BCUT2D eigenvalue weighted by Crippen LogP contribution is -2.67. The number of aliphatic hydroxyl groups is 1. The lowest BCUT2D eigenvalue weighted by molar-refractivity contribution is -0.952. The molecule has 2 aromatic carbocycles. The van der Waals surface area contributed by atoms with Gasteiger partial charge in [-0.25, -0.2) is 0 Å². The molecule has 1 N–H and O–H groups in total. The van der Waals surface area contributed by atoms with E-state index in [2.05, 4.69) is 0 Å². The maximum atomic E-state index is 12.5. The second kappa shape index (κ2) is 7.79. The average Bonchev–Trinajstić information content (AvgIpc) is 2.69. The molecule has 3 aliphatic rings. The Morgan fingerprint density at radius 2 is 1.57 bits per heavy atom. The number of halogens is 2. The molecule has 148 valence electrons. The first-order chi connectivity index (χ1) is 13.4. The molecule has 28 heavy (non-hydrogen) atoms. The third-order valence-corrected chi connectivity index (χ3v) is 7.21. The van der Waals surface area contributed by atoms with Gasteiger partial charge in [-0.2, -0.15) is 0 Å². The van der Waals surface area contributed by atoms with Crippen LogP contribution in [0.15, 0.2) is 48.5 Å². The first-order valence-electron chi connectivity index (χ1n) is 10.0. The minimum atomic E-state index is -0.790. The highest BCUT2D eigenvalue weighted by Gasteiger charge is 2.54. The molecule has 1 atom stereocenters. The summed E-state index contributed by atoms with van der Waals surface area (Å²) in [6.45, 7) is 3.85. The Labute approximate surface area is 176 Å². The summed E-state index contributed by atoms with van der Waals surface area (Å²) in [6.07, 6.45) is 3.43. The number of carbonyl (C=O) groups is 1. The molecule has 5 rings (SSSR count). The van der Waals surface area contributed by atoms with Crippen molar-refractivity contribution in [3.63, 3.8) is 0 Å². The minimum Gasteiger partial charge on any atom is -0.379 e. The topological polar surface area (TPSA) is 37.3 Å². The van der Waals surface area contributed by atoms with Gasteiger partial charge < -0.3 is 9.59 Å². The maximum Gasteiger partial charge on any atom is 0.163 e. The molecule has 3 aliphatic heterocycles. The molecule has 0 spiro atoms. The van der Waals surface area contributed by atoms with E-state index in [1.807, 2.05) is 24.3 Å². The van der Waals surface area contributed by atoms with Gasteiger partial charge in [0.05, 0.1) is 19.6 Å². The number of nitrogens with zero attached hydrogens (tertiary/aromatic N) is 1. The molecular formula is C23H26Cl2NO2+. The summed E-state index contributed by atoms with van der Waals surface area (Å²) in [7, 11) is 0. The second-order valence-electron chi connectivity index (χ2n) is 8.41. The van der Waals surface area contributed by atoms with Gasteiger partial charge in [-0.1, -0.05) is 35.3 Å². The molecule has 0 saturated carbocycles. The van der Waals surface area contributed by atoms with E-state index in [0.29, 0.717) is 22.4 Å². The Hall–Kier alpha value is -1.39. The van der Waals surface area contributed by atoms with Gasteiger partial charge in [-0.15, -0.1) is 0 Å². The van der Waals surface area contributed by atoms with E-state index in [9.17, 15) is 9.90 Å². The first-order valence-corrected chi connectivity index (χ1v) is 10.8. The number of hydrogen-bond donors (Lipinski definition) is 1. The van der Waals surface area contributed by atoms with Gasteiger partial charge in [-0.3, -0.25) is 4.79 Å². The van der Waals surface area contributed by atoms with Crippen molar-refractivity contribution in [1.82, 2.24) is 0 Å². The van der Waals surface area contributed by atoms with E-state index >= 15 is 0 Å². The number of Topliss-reactive ketones (excluding diaryl/α,β-unsaturated/α-hetero) is 1. The van der Waals surface area contributed by atoms with Gasteiger partial charge in [0.15, 0.2) is 5.78 Å². The number of rotatable bonds is 6. The van der Waals surface area contributed by atoms with Crippen LogP contribution in [0.5, 0.6) is 0 Å². The highest BCUT2D eigenvalue weighted by Crippen LogP contribution is 2.46. The lowest BCUT2D eigenvalue weighted by atomic mass is 9.70. The highest BCUT2D eigenvalue weighted by molar-refractivity contribution is 6.30. The van der Waals surface area contributed by atoms with Gasteiger partial charge in [-0.05, 0) is 42.0 Å². The fourth-order valence-electron chi connectivity index (χ4n) is 5.11. The van der Waals surface area contributed by atoms with Crippen LogP contribution >= 0.6 is 23.2 Å². The van der Waals surface area contributed by atoms with Crippen LogP contribution in [-0.4, -0.2) is 41.6 Å². The molecule has 2 bridgehead atoms. The van der Waals surface area contributed by atoms with E-state index in [0.717, 1.165) is 61.1 Å². The Balaban J connectivity index is 1.42. The van der Waals surface area contributed by atoms with Crippen LogP contribution in [0, 0.1) is 5.92 Å². The minimum absolute atomic E-state index is 0.162. The van der Waals surface area contributed by atoms with Crippen molar-refractivity contribution in [2.75, 3.05) is 26.2 Å². The Morgan fingerprint density at radius 3 is 2.18 bits per heavy atom. The van der Waals surface area contributed by atoms with E-state index in [1.54, 1.807) is 24.3 Å². The second-order valence-corrected chi connectivity index (χ2v) is 9.28. The van der Waals surface area contributed by atoms with Crippen LogP contribution in [0.2, 0.25) is 10.0 Å². The highest BCUT2D eigenvalue weighted by atomic mass is 35.5. The molecule has 3 fully saturated rings. The zero-order valence-corrected chi connectivity index (χ0v) is 17.4. The zero-order valence-electron chi connectivity index (χ0n) is 15.9. The first kappa shape index (κ1) is 19.9. The fourth-order valence-corrected chi connectivity index (χ4v) is 5.37. The number of benzene rings is 2. The maximum absolute atomic E-state index is 12.5. The number of quaternary nitrogens is 1. The van der Waals surface area contributed by atoms with Crippen LogP contribution in [-0.2, 0) is 5.60 Å². The summed E-state index contributed by atoms with van der Waals surface area (Å²) >= 11 is 11.9. The number of hydrogen-bond acceptors (Lipinski definition) is 2. The number of piperidine rings is 3. The van der Waals surface area contributed by atoms with Crippen molar-refractivity contribution in [3.8, 4) is 0 Å². The van der Waals surface area contributed by atoms with Gasteiger partial charge in [0, 0.05) is 47.2 Å². The quantitative estimate of drug-likeness (QED) is 0.524. The van der Waals surface area contributed by atoms with Crippen molar-refractivity contribution in [2.45, 2.75) is 31.3 Å². The fraction of sp³-hybridized carbons (Fsp3) is 0.435. The Bertz CT molecular complexity index is 842. The van der Waals surface area contributed by atoms with Crippen molar-refractivity contribution in [2.24, 2.45) is 5.92 Å². The SMILES string of the molecule is O=C(CCC[N+]12CCC(CC1)[C@@](O)(c1ccc(Cl)cc1)C2)c1ccc(Cl)cc1. The summed E-state index contributed by atoms with van der Waals surface area (Å²) in [4.78, 5) is 12.5. The van der Waals surface area contributed by atoms with Crippen molar-refractivity contribution in [1.29, 1.82) is 0 Å². The van der Waals surface area contributed by atoms with E-state index in [-0.39, 0.29) is 5.78 Å². The molecule has 0 amide bonds. The summed E-state index contributed by atoms with van der Waals surface area (Å²) in [5, 5.41) is 12.9. The van der Waals surface area contributed by atoms with E-state index in [1.165, 1.54) is 0 Å². The molecule has 3 heterocycles. The van der Waals surface area contributed by atoms with Gasteiger partial charge in [0.25, 0.3) is 0 Å². The lowest BCUT2D eigenvalue weighted by Gasteiger charge is -2.56. The number of ketones is 1. The van der Waals surface area contributed by atoms with Crippen LogP contribution in [0.3, 0.4) is 0 Å². The smallest absolute Gasteiger partial charge is 0.163 e. The third kappa shape index (κ3) is 3.86. The van der Waals surface area contributed by atoms with Crippen LogP contribution in [0.25, 0.3) is 0 Å². The van der Waals surface area contributed by atoms with Gasteiger partial charge in [0.2, 0.25) is 0 Å². The number of carbonyl (C=O) groups excluding carboxylic acids is 1. The van der Waals surface area contributed by atoms with Crippen LogP contribution in [0.1, 0.15) is 41.6 Å². The molecule has 0 aromatic heterocycles. The molecule has 0 radical (unpaired) electrons. The van der Waals surface area contributed by atoms with Crippen LogP contribution < -0.4 is 0 Å². The summed E-state index contributed by atoms with van der Waals surface area (Å²) in [6, 6.07) is 14.8. The van der Waals surface area contributed by atoms with Gasteiger partial charge >= 0.3 is 0 Å². The summed E-state index contributed by atoms with van der Waals surface area (Å²) < 4.78 is 0.906. The monoisotopic (exact) mass is 418 g/mol. The summed E-state index contributed by atoms with van der Waals surface area (Å²) in [5.74, 6) is 0.471. The zero-order chi connectivity index (χ0) is 19.8. The van der Waals surface area contributed by atoms with E-state index in [4.69, 9.17) is 23.2 Å². The molecule has 0 aliphatic carbocycles. The van der Waals surface area contributed by atoms with Gasteiger partial charge in [0.1, 0.15) is 12.1 Å². The third-order valence-electron chi connectivity index (χ3n) is 6.70. The largest absolute Gasteiger partial charge is 0.379 e. The average molecular weight is 419 g/mol.